The maximum absolute atomic E-state index is 13.4. The minimum Gasteiger partial charge on any atom is -0.497 e. The summed E-state index contributed by atoms with van der Waals surface area (Å²) in [6, 6.07) is 11.2. The highest BCUT2D eigenvalue weighted by molar-refractivity contribution is 5.76. The average Bonchev–Trinajstić information content (AvgIpc) is 2.58. The number of nitrogens with one attached hydrogen (secondary N) is 2. The number of rotatable bonds is 8. The van der Waals surface area contributed by atoms with Crippen LogP contribution in [-0.2, 0) is 11.2 Å². The average molecular weight is 334 g/mol. The zero-order chi connectivity index (χ0) is 17.4. The normalized spacial score (nSPS) is 10.3. The Labute approximate surface area is 139 Å². The molecule has 2 N–H and O–H groups in total. The van der Waals surface area contributed by atoms with Gasteiger partial charge in [-0.3, -0.25) is 4.79 Å². The Bertz CT molecular complexity index is 672. The zero-order valence-electron chi connectivity index (χ0n) is 13.4. The molecule has 1 amide bonds. The molecule has 24 heavy (non-hydrogen) atoms. The smallest absolute Gasteiger partial charge is 0.221 e. The second-order valence-corrected chi connectivity index (χ2v) is 5.22. The lowest BCUT2D eigenvalue weighted by Crippen LogP contribution is -2.27. The van der Waals surface area contributed by atoms with Gasteiger partial charge < -0.3 is 15.4 Å². The molecule has 0 aliphatic carbocycles. The first kappa shape index (κ1) is 17.7. The standard InChI is InChI=1S/C18H20F2N2O2/c1-24-14-5-2-4-13(12-14)8-10-21-17(23)9-11-22-18-15(19)6-3-7-16(18)20/h2-7,12,22H,8-11H2,1H3,(H,21,23). The van der Waals surface area contributed by atoms with Gasteiger partial charge in [-0.25, -0.2) is 8.78 Å². The number of hydrogen-bond acceptors (Lipinski definition) is 3. The lowest BCUT2D eigenvalue weighted by Gasteiger charge is -2.09. The van der Waals surface area contributed by atoms with E-state index in [1.54, 1.807) is 7.11 Å². The minimum absolute atomic E-state index is 0.131. The summed E-state index contributed by atoms with van der Waals surface area (Å²) < 4.78 is 32.0. The van der Waals surface area contributed by atoms with Crippen LogP contribution in [0.5, 0.6) is 5.75 Å². The molecule has 0 fully saturated rings. The number of anilines is 1. The maximum Gasteiger partial charge on any atom is 0.221 e. The third-order valence-electron chi connectivity index (χ3n) is 3.49. The van der Waals surface area contributed by atoms with Gasteiger partial charge in [0.1, 0.15) is 23.1 Å². The van der Waals surface area contributed by atoms with Crippen LogP contribution >= 0.6 is 0 Å². The van der Waals surface area contributed by atoms with Crippen molar-refractivity contribution in [2.75, 3.05) is 25.5 Å². The molecule has 0 heterocycles. The fraction of sp³-hybridized carbons (Fsp3) is 0.278. The van der Waals surface area contributed by atoms with Gasteiger partial charge in [-0.15, -0.1) is 0 Å². The largest absolute Gasteiger partial charge is 0.497 e. The first-order valence-electron chi connectivity index (χ1n) is 7.67. The molecule has 0 radical (unpaired) electrons. The maximum atomic E-state index is 13.4. The first-order chi connectivity index (χ1) is 11.6. The van der Waals surface area contributed by atoms with Gasteiger partial charge in [0.25, 0.3) is 0 Å². The van der Waals surface area contributed by atoms with Crippen molar-refractivity contribution in [1.29, 1.82) is 0 Å². The van der Waals surface area contributed by atoms with E-state index in [1.807, 2.05) is 24.3 Å². The van der Waals surface area contributed by atoms with Crippen LogP contribution in [0.1, 0.15) is 12.0 Å². The van der Waals surface area contributed by atoms with Crippen LogP contribution in [-0.4, -0.2) is 26.1 Å². The van der Waals surface area contributed by atoms with E-state index in [-0.39, 0.29) is 24.6 Å². The Balaban J connectivity index is 1.70. The number of carbonyl (C=O) groups excluding carboxylic acids is 1. The molecular formula is C18H20F2N2O2. The molecule has 0 aliphatic rings. The van der Waals surface area contributed by atoms with Gasteiger partial charge in [0, 0.05) is 19.5 Å². The van der Waals surface area contributed by atoms with Crippen molar-refractivity contribution < 1.29 is 18.3 Å². The van der Waals surface area contributed by atoms with Crippen molar-refractivity contribution in [1.82, 2.24) is 5.32 Å². The number of amides is 1. The molecule has 0 atom stereocenters. The van der Waals surface area contributed by atoms with Crippen molar-refractivity contribution in [3.05, 3.63) is 59.7 Å². The number of para-hydroxylation sites is 1. The third kappa shape index (κ3) is 5.22. The molecule has 2 aromatic carbocycles. The molecule has 2 aromatic rings. The molecule has 0 aliphatic heterocycles. The Kier molecular flexibility index (Phi) is 6.54. The second kappa shape index (κ2) is 8.86. The zero-order valence-corrected chi connectivity index (χ0v) is 13.4. The summed E-state index contributed by atoms with van der Waals surface area (Å²) in [6.07, 6.45) is 0.810. The van der Waals surface area contributed by atoms with Gasteiger partial charge in [-0.05, 0) is 36.2 Å². The summed E-state index contributed by atoms with van der Waals surface area (Å²) in [6.45, 7) is 0.642. The van der Waals surface area contributed by atoms with Crippen molar-refractivity contribution in [3.8, 4) is 5.75 Å². The van der Waals surface area contributed by atoms with Crippen molar-refractivity contribution in [2.24, 2.45) is 0 Å². The molecule has 0 bridgehead atoms. The molecular weight excluding hydrogens is 314 g/mol. The Morgan fingerprint density at radius 1 is 1.08 bits per heavy atom. The molecule has 0 saturated carbocycles. The SMILES string of the molecule is COc1cccc(CCNC(=O)CCNc2c(F)cccc2F)c1. The lowest BCUT2D eigenvalue weighted by molar-refractivity contribution is -0.120. The van der Waals surface area contributed by atoms with Crippen LogP contribution in [0.3, 0.4) is 0 Å². The van der Waals surface area contributed by atoms with E-state index in [9.17, 15) is 13.6 Å². The monoisotopic (exact) mass is 334 g/mol. The predicted octanol–water partition coefficient (Wildman–Crippen LogP) is 3.13. The number of methoxy groups -OCH3 is 1. The molecule has 0 unspecified atom stereocenters. The van der Waals surface area contributed by atoms with E-state index in [0.29, 0.717) is 13.0 Å². The van der Waals surface area contributed by atoms with Crippen LogP contribution in [0, 0.1) is 11.6 Å². The summed E-state index contributed by atoms with van der Waals surface area (Å²) in [7, 11) is 1.60. The number of ether oxygens (including phenoxy) is 1. The lowest BCUT2D eigenvalue weighted by atomic mass is 10.1. The summed E-state index contributed by atoms with van der Waals surface area (Å²) in [5.74, 6) is -0.751. The Hall–Kier alpha value is -2.63. The van der Waals surface area contributed by atoms with Crippen molar-refractivity contribution >= 4 is 11.6 Å². The third-order valence-corrected chi connectivity index (χ3v) is 3.49. The van der Waals surface area contributed by atoms with Gasteiger partial charge in [-0.2, -0.15) is 0 Å². The van der Waals surface area contributed by atoms with Gasteiger partial charge in [0.05, 0.1) is 7.11 Å². The Morgan fingerprint density at radius 2 is 1.79 bits per heavy atom. The van der Waals surface area contributed by atoms with E-state index in [2.05, 4.69) is 10.6 Å². The topological polar surface area (TPSA) is 50.4 Å². The summed E-state index contributed by atoms with van der Waals surface area (Å²) in [5.41, 5.74) is 0.850. The van der Waals surface area contributed by atoms with E-state index in [0.717, 1.165) is 11.3 Å². The molecule has 4 nitrogen and oxygen atoms in total. The van der Waals surface area contributed by atoms with E-state index in [4.69, 9.17) is 4.74 Å². The van der Waals surface area contributed by atoms with Crippen LogP contribution in [0.25, 0.3) is 0 Å². The predicted molar refractivity (Wildman–Crippen MR) is 89.2 cm³/mol. The highest BCUT2D eigenvalue weighted by atomic mass is 19.1. The van der Waals surface area contributed by atoms with Crippen LogP contribution < -0.4 is 15.4 Å². The van der Waals surface area contributed by atoms with Crippen molar-refractivity contribution in [2.45, 2.75) is 12.8 Å². The number of carbonyl (C=O) groups is 1. The molecule has 2 rings (SSSR count). The molecule has 6 heteroatoms. The van der Waals surface area contributed by atoms with Crippen LogP contribution in [0.4, 0.5) is 14.5 Å². The number of hydrogen-bond donors (Lipinski definition) is 2. The first-order valence-corrected chi connectivity index (χ1v) is 7.67. The fourth-order valence-electron chi connectivity index (χ4n) is 2.23. The molecule has 0 saturated heterocycles. The Morgan fingerprint density at radius 3 is 2.50 bits per heavy atom. The van der Waals surface area contributed by atoms with Gasteiger partial charge in [-0.1, -0.05) is 18.2 Å². The van der Waals surface area contributed by atoms with Crippen LogP contribution in [0.15, 0.2) is 42.5 Å². The number of halogens is 2. The summed E-state index contributed by atoms with van der Waals surface area (Å²) >= 11 is 0. The van der Waals surface area contributed by atoms with E-state index < -0.39 is 11.6 Å². The van der Waals surface area contributed by atoms with Gasteiger partial charge in [0.2, 0.25) is 5.91 Å². The molecule has 128 valence electrons. The summed E-state index contributed by atoms with van der Waals surface area (Å²) in [5, 5.41) is 5.38. The van der Waals surface area contributed by atoms with Crippen molar-refractivity contribution in [3.63, 3.8) is 0 Å². The quantitative estimate of drug-likeness (QED) is 0.780. The fourth-order valence-corrected chi connectivity index (χ4v) is 2.23. The number of benzene rings is 2. The van der Waals surface area contributed by atoms with E-state index >= 15 is 0 Å². The highest BCUT2D eigenvalue weighted by Crippen LogP contribution is 2.17. The van der Waals surface area contributed by atoms with Crippen LogP contribution in [0.2, 0.25) is 0 Å². The summed E-state index contributed by atoms with van der Waals surface area (Å²) in [4.78, 5) is 11.8. The highest BCUT2D eigenvalue weighted by Gasteiger charge is 2.08. The molecule has 0 spiro atoms. The molecule has 0 aromatic heterocycles. The minimum atomic E-state index is -0.673. The van der Waals surface area contributed by atoms with Gasteiger partial charge in [0.15, 0.2) is 0 Å². The van der Waals surface area contributed by atoms with E-state index in [1.165, 1.54) is 18.2 Å². The second-order valence-electron chi connectivity index (χ2n) is 5.22. The van der Waals surface area contributed by atoms with Gasteiger partial charge >= 0.3 is 0 Å².